The molecule has 0 bridgehead atoms. The quantitative estimate of drug-likeness (QED) is 0.930. The molecule has 1 aromatic carbocycles. The molecule has 1 aliphatic heterocycles. The Bertz CT molecular complexity index is 589. The molecule has 0 aromatic heterocycles. The molecule has 1 N–H and O–H groups in total. The van der Waals surface area contributed by atoms with E-state index in [2.05, 4.69) is 5.32 Å². The number of benzene rings is 1. The van der Waals surface area contributed by atoms with Crippen molar-refractivity contribution in [1.29, 1.82) is 0 Å². The van der Waals surface area contributed by atoms with Gasteiger partial charge < -0.3 is 5.32 Å². The van der Waals surface area contributed by atoms with Gasteiger partial charge in [-0.2, -0.15) is 0 Å². The first kappa shape index (κ1) is 15.4. The molecule has 21 heavy (non-hydrogen) atoms. The lowest BCUT2D eigenvalue weighted by atomic mass is 10.0. The molecular formula is C15H18F2N2O2. The summed E-state index contributed by atoms with van der Waals surface area (Å²) < 4.78 is 28.3. The summed E-state index contributed by atoms with van der Waals surface area (Å²) in [6, 6.07) is 0.723. The summed E-state index contributed by atoms with van der Waals surface area (Å²) in [4.78, 5) is 25.4. The summed E-state index contributed by atoms with van der Waals surface area (Å²) in [5, 5.41) is 2.60. The molecule has 1 fully saturated rings. The Morgan fingerprint density at radius 1 is 1.29 bits per heavy atom. The summed E-state index contributed by atoms with van der Waals surface area (Å²) in [7, 11) is 0. The van der Waals surface area contributed by atoms with Crippen molar-refractivity contribution >= 4 is 17.5 Å². The molecule has 6 heteroatoms. The highest BCUT2D eigenvalue weighted by molar-refractivity contribution is 6.08. The Labute approximate surface area is 122 Å². The number of halogens is 2. The number of carbonyl (C=O) groups is 2. The number of nitrogens with one attached hydrogen (secondary N) is 1. The van der Waals surface area contributed by atoms with E-state index < -0.39 is 41.2 Å². The largest absolute Gasteiger partial charge is 0.342 e. The van der Waals surface area contributed by atoms with Crippen LogP contribution in [0.15, 0.2) is 12.1 Å². The minimum absolute atomic E-state index is 0.226. The van der Waals surface area contributed by atoms with Crippen LogP contribution in [-0.2, 0) is 9.59 Å². The van der Waals surface area contributed by atoms with Crippen LogP contribution in [0, 0.1) is 18.6 Å². The molecule has 1 aliphatic rings. The molecule has 2 amide bonds. The fraction of sp³-hybridized carbons (Fsp3) is 0.467. The van der Waals surface area contributed by atoms with Crippen molar-refractivity contribution < 1.29 is 18.4 Å². The summed E-state index contributed by atoms with van der Waals surface area (Å²) in [5.74, 6) is -2.54. The number of amides is 2. The molecule has 2 rings (SSSR count). The van der Waals surface area contributed by atoms with Crippen molar-refractivity contribution in [1.82, 2.24) is 5.32 Å². The Hall–Kier alpha value is -1.98. The average Bonchev–Trinajstić information content (AvgIpc) is 2.44. The van der Waals surface area contributed by atoms with Crippen LogP contribution in [-0.4, -0.2) is 23.9 Å². The van der Waals surface area contributed by atoms with Crippen LogP contribution in [0.5, 0.6) is 0 Å². The molecule has 0 saturated carbocycles. The Morgan fingerprint density at radius 3 is 2.57 bits per heavy atom. The first-order valence-corrected chi connectivity index (χ1v) is 6.96. The zero-order valence-corrected chi connectivity index (χ0v) is 12.2. The van der Waals surface area contributed by atoms with Gasteiger partial charge >= 0.3 is 0 Å². The maximum Gasteiger partial charge on any atom is 0.250 e. The number of aryl methyl sites for hydroxylation is 1. The number of anilines is 1. The van der Waals surface area contributed by atoms with Crippen LogP contribution >= 0.6 is 0 Å². The van der Waals surface area contributed by atoms with Crippen LogP contribution in [0.3, 0.4) is 0 Å². The minimum atomic E-state index is -0.948. The van der Waals surface area contributed by atoms with Gasteiger partial charge in [0.2, 0.25) is 11.8 Å². The van der Waals surface area contributed by atoms with Crippen molar-refractivity contribution in [2.45, 2.75) is 45.7 Å². The van der Waals surface area contributed by atoms with Gasteiger partial charge in [-0.05, 0) is 31.9 Å². The van der Waals surface area contributed by atoms with Gasteiger partial charge in [-0.1, -0.05) is 19.4 Å². The monoisotopic (exact) mass is 296 g/mol. The summed E-state index contributed by atoms with van der Waals surface area (Å²) in [6.45, 7) is 4.81. The zero-order valence-electron chi connectivity index (χ0n) is 12.2. The van der Waals surface area contributed by atoms with Crippen molar-refractivity contribution in [3.8, 4) is 0 Å². The van der Waals surface area contributed by atoms with Gasteiger partial charge in [-0.15, -0.1) is 0 Å². The summed E-state index contributed by atoms with van der Waals surface area (Å²) in [6.07, 6.45) is 1.11. The predicted molar refractivity (Wildman–Crippen MR) is 74.9 cm³/mol. The number of hydrogen-bond acceptors (Lipinski definition) is 2. The Morgan fingerprint density at radius 2 is 1.95 bits per heavy atom. The van der Waals surface area contributed by atoms with Crippen LogP contribution in [0.2, 0.25) is 0 Å². The maximum atomic E-state index is 14.3. The molecule has 2 atom stereocenters. The van der Waals surface area contributed by atoms with Gasteiger partial charge in [0.15, 0.2) is 5.82 Å². The number of hydrogen-bond donors (Lipinski definition) is 1. The van der Waals surface area contributed by atoms with E-state index in [1.165, 1.54) is 19.9 Å². The first-order chi connectivity index (χ1) is 9.88. The number of carbonyl (C=O) groups excluding carboxylic acids is 2. The second-order valence-electron chi connectivity index (χ2n) is 5.26. The van der Waals surface area contributed by atoms with E-state index in [1.807, 2.05) is 6.92 Å². The minimum Gasteiger partial charge on any atom is -0.342 e. The molecule has 0 radical (unpaired) electrons. The third kappa shape index (κ3) is 2.62. The predicted octanol–water partition coefficient (Wildman–Crippen LogP) is 2.29. The lowest BCUT2D eigenvalue weighted by molar-refractivity contribution is -0.133. The second kappa shape index (κ2) is 5.79. The highest BCUT2D eigenvalue weighted by Gasteiger charge is 2.40. The molecule has 1 heterocycles. The van der Waals surface area contributed by atoms with Crippen LogP contribution in [0.25, 0.3) is 0 Å². The highest BCUT2D eigenvalue weighted by atomic mass is 19.1. The second-order valence-corrected chi connectivity index (χ2v) is 5.26. The fourth-order valence-electron chi connectivity index (χ4n) is 2.48. The first-order valence-electron chi connectivity index (χ1n) is 6.96. The SMILES string of the molecule is CCCC1NC(=O)C(C)N(c2c(F)ccc(C)c2F)C1=O. The molecule has 2 unspecified atom stereocenters. The van der Waals surface area contributed by atoms with Crippen LogP contribution < -0.4 is 10.2 Å². The van der Waals surface area contributed by atoms with E-state index in [9.17, 15) is 18.4 Å². The molecule has 114 valence electrons. The number of rotatable bonds is 3. The van der Waals surface area contributed by atoms with Gasteiger partial charge in [0.1, 0.15) is 23.6 Å². The topological polar surface area (TPSA) is 49.4 Å². The average molecular weight is 296 g/mol. The molecule has 0 aliphatic carbocycles. The van der Waals surface area contributed by atoms with E-state index >= 15 is 0 Å². The van der Waals surface area contributed by atoms with Gasteiger partial charge in [-0.25, -0.2) is 8.78 Å². The highest BCUT2D eigenvalue weighted by Crippen LogP contribution is 2.30. The Kier molecular flexibility index (Phi) is 4.25. The van der Waals surface area contributed by atoms with Crippen LogP contribution in [0.1, 0.15) is 32.3 Å². The third-order valence-electron chi connectivity index (χ3n) is 3.70. The van der Waals surface area contributed by atoms with Gasteiger partial charge in [0.05, 0.1) is 0 Å². The van der Waals surface area contributed by atoms with E-state index in [-0.39, 0.29) is 5.56 Å². The van der Waals surface area contributed by atoms with Gasteiger partial charge in [0, 0.05) is 0 Å². The number of nitrogens with zero attached hydrogens (tertiary/aromatic N) is 1. The van der Waals surface area contributed by atoms with Gasteiger partial charge in [0.25, 0.3) is 0 Å². The lowest BCUT2D eigenvalue weighted by Crippen LogP contribution is -2.63. The van der Waals surface area contributed by atoms with E-state index in [4.69, 9.17) is 0 Å². The Balaban J connectivity index is 2.52. The summed E-state index contributed by atoms with van der Waals surface area (Å²) in [5.41, 5.74) is -0.215. The van der Waals surface area contributed by atoms with Crippen LogP contribution in [0.4, 0.5) is 14.5 Å². The van der Waals surface area contributed by atoms with Crippen molar-refractivity contribution in [2.75, 3.05) is 4.90 Å². The molecule has 1 saturated heterocycles. The third-order valence-corrected chi connectivity index (χ3v) is 3.70. The summed E-state index contributed by atoms with van der Waals surface area (Å²) >= 11 is 0. The normalized spacial score (nSPS) is 22.4. The molecule has 4 nitrogen and oxygen atoms in total. The number of piperazine rings is 1. The van der Waals surface area contributed by atoms with E-state index in [1.54, 1.807) is 0 Å². The van der Waals surface area contributed by atoms with Crippen molar-refractivity contribution in [3.05, 3.63) is 29.3 Å². The van der Waals surface area contributed by atoms with E-state index in [0.717, 1.165) is 11.0 Å². The lowest BCUT2D eigenvalue weighted by Gasteiger charge is -2.37. The molecular weight excluding hydrogens is 278 g/mol. The van der Waals surface area contributed by atoms with Crippen molar-refractivity contribution in [2.24, 2.45) is 0 Å². The fourth-order valence-corrected chi connectivity index (χ4v) is 2.48. The van der Waals surface area contributed by atoms with Gasteiger partial charge in [-0.3, -0.25) is 14.5 Å². The zero-order chi connectivity index (χ0) is 15.7. The van der Waals surface area contributed by atoms with Crippen molar-refractivity contribution in [3.63, 3.8) is 0 Å². The maximum absolute atomic E-state index is 14.3. The molecule has 1 aromatic rings. The smallest absolute Gasteiger partial charge is 0.250 e. The standard InChI is InChI=1S/C15H18F2N2O2/c1-4-5-11-15(21)19(9(3)14(20)18-11)13-10(16)7-6-8(2)12(13)17/h6-7,9,11H,4-5H2,1-3H3,(H,18,20). The van der Waals surface area contributed by atoms with E-state index in [0.29, 0.717) is 12.8 Å². The molecule has 0 spiro atoms.